The van der Waals surface area contributed by atoms with E-state index in [1.165, 1.54) is 18.6 Å². The van der Waals surface area contributed by atoms with Crippen molar-refractivity contribution < 1.29 is 8.42 Å². The van der Waals surface area contributed by atoms with E-state index in [-0.39, 0.29) is 5.82 Å². The molecule has 6 nitrogen and oxygen atoms in total. The van der Waals surface area contributed by atoms with Crippen molar-refractivity contribution in [1.82, 2.24) is 9.97 Å². The Morgan fingerprint density at radius 3 is 2.64 bits per heavy atom. The van der Waals surface area contributed by atoms with Gasteiger partial charge in [0.15, 0.2) is 5.82 Å². The van der Waals surface area contributed by atoms with Gasteiger partial charge in [0.1, 0.15) is 0 Å². The predicted octanol–water partition coefficient (Wildman–Crippen LogP) is -0.908. The molecule has 0 spiro atoms. The molecule has 0 aromatic carbocycles. The summed E-state index contributed by atoms with van der Waals surface area (Å²) in [6, 6.07) is 0. The van der Waals surface area contributed by atoms with Crippen molar-refractivity contribution in [2.75, 3.05) is 4.72 Å². The predicted molar refractivity (Wildman–Crippen MR) is 38.8 cm³/mol. The summed E-state index contributed by atoms with van der Waals surface area (Å²) in [5, 5.41) is 4.66. The van der Waals surface area contributed by atoms with E-state index >= 15 is 0 Å². The maximum atomic E-state index is 10.4. The van der Waals surface area contributed by atoms with Crippen LogP contribution in [-0.2, 0) is 10.2 Å². The minimum Gasteiger partial charge on any atom is -0.259 e. The highest BCUT2D eigenvalue weighted by molar-refractivity contribution is 7.90. The summed E-state index contributed by atoms with van der Waals surface area (Å²) in [5.74, 6) is 0.106. The number of nitrogens with zero attached hydrogens (tertiary/aromatic N) is 2. The highest BCUT2D eigenvalue weighted by Crippen LogP contribution is 1.97. The Morgan fingerprint density at radius 2 is 2.18 bits per heavy atom. The first-order chi connectivity index (χ1) is 5.08. The Labute approximate surface area is 63.7 Å². The third kappa shape index (κ3) is 2.92. The fourth-order valence-electron chi connectivity index (χ4n) is 0.498. The van der Waals surface area contributed by atoms with Crippen molar-refractivity contribution in [3.05, 3.63) is 18.6 Å². The van der Waals surface area contributed by atoms with E-state index in [4.69, 9.17) is 0 Å². The van der Waals surface area contributed by atoms with E-state index < -0.39 is 10.2 Å². The maximum absolute atomic E-state index is 10.4. The van der Waals surface area contributed by atoms with Gasteiger partial charge < -0.3 is 0 Å². The van der Waals surface area contributed by atoms with E-state index in [1.807, 2.05) is 4.72 Å². The van der Waals surface area contributed by atoms with Crippen molar-refractivity contribution >= 4 is 16.0 Å². The zero-order valence-corrected chi connectivity index (χ0v) is 6.25. The number of hydrogen-bond acceptors (Lipinski definition) is 4. The fourth-order valence-corrected chi connectivity index (χ4v) is 0.894. The summed E-state index contributed by atoms with van der Waals surface area (Å²) >= 11 is 0. The standard InChI is InChI=1S/C4H6N4O2S/c5-11(9,10)8-4-3-6-1-2-7-4/h1-3H,(H,7,8)(H2,5,9,10). The molecule has 0 amide bonds. The first-order valence-electron chi connectivity index (χ1n) is 2.64. The molecule has 0 radical (unpaired) electrons. The van der Waals surface area contributed by atoms with Gasteiger partial charge in [-0.05, 0) is 0 Å². The van der Waals surface area contributed by atoms with Crippen LogP contribution < -0.4 is 9.86 Å². The summed E-state index contributed by atoms with van der Waals surface area (Å²) in [7, 11) is -3.73. The number of anilines is 1. The third-order valence-corrected chi connectivity index (χ3v) is 1.30. The number of nitrogens with one attached hydrogen (secondary N) is 1. The summed E-state index contributed by atoms with van der Waals surface area (Å²) < 4.78 is 22.8. The molecule has 7 heteroatoms. The van der Waals surface area contributed by atoms with E-state index in [2.05, 4.69) is 15.1 Å². The largest absolute Gasteiger partial charge is 0.297 e. The molecule has 0 aliphatic rings. The van der Waals surface area contributed by atoms with Crippen LogP contribution >= 0.6 is 0 Å². The zero-order valence-electron chi connectivity index (χ0n) is 5.43. The normalized spacial score (nSPS) is 11.0. The molecule has 0 atom stereocenters. The Kier molecular flexibility index (Phi) is 2.01. The SMILES string of the molecule is NS(=O)(=O)Nc1cnccn1. The highest BCUT2D eigenvalue weighted by atomic mass is 32.2. The van der Waals surface area contributed by atoms with Gasteiger partial charge in [-0.3, -0.25) is 9.71 Å². The molecule has 11 heavy (non-hydrogen) atoms. The molecule has 0 aliphatic carbocycles. The third-order valence-electron chi connectivity index (χ3n) is 0.810. The van der Waals surface area contributed by atoms with Crippen LogP contribution in [0.15, 0.2) is 18.6 Å². The molecule has 0 unspecified atom stereocenters. The van der Waals surface area contributed by atoms with Crippen LogP contribution in [0.3, 0.4) is 0 Å². The summed E-state index contributed by atoms with van der Waals surface area (Å²) in [4.78, 5) is 7.26. The van der Waals surface area contributed by atoms with Crippen molar-refractivity contribution in [3.63, 3.8) is 0 Å². The Hall–Kier alpha value is -1.21. The summed E-state index contributed by atoms with van der Waals surface area (Å²) in [5.41, 5.74) is 0. The topological polar surface area (TPSA) is 98.0 Å². The van der Waals surface area contributed by atoms with Crippen LogP contribution in [0.1, 0.15) is 0 Å². The van der Waals surface area contributed by atoms with Gasteiger partial charge in [-0.1, -0.05) is 0 Å². The average molecular weight is 174 g/mol. The lowest BCUT2D eigenvalue weighted by atomic mass is 10.7. The number of hydrogen-bond donors (Lipinski definition) is 2. The van der Waals surface area contributed by atoms with Crippen molar-refractivity contribution in [1.29, 1.82) is 0 Å². The van der Waals surface area contributed by atoms with E-state index in [1.54, 1.807) is 0 Å². The zero-order chi connectivity index (χ0) is 8.32. The second-order valence-corrected chi connectivity index (χ2v) is 3.03. The van der Waals surface area contributed by atoms with E-state index in [0.29, 0.717) is 0 Å². The van der Waals surface area contributed by atoms with Gasteiger partial charge in [0.05, 0.1) is 6.20 Å². The summed E-state index contributed by atoms with van der Waals surface area (Å²) in [6.07, 6.45) is 4.03. The number of rotatable bonds is 2. The minimum atomic E-state index is -3.73. The van der Waals surface area contributed by atoms with Gasteiger partial charge in [0.25, 0.3) is 10.2 Å². The molecular weight excluding hydrogens is 168 g/mol. The molecule has 1 aromatic heterocycles. The lowest BCUT2D eigenvalue weighted by molar-refractivity contribution is 0.602. The molecule has 0 saturated heterocycles. The van der Waals surface area contributed by atoms with Crippen LogP contribution in [0.5, 0.6) is 0 Å². The first-order valence-corrected chi connectivity index (χ1v) is 4.19. The molecule has 0 saturated carbocycles. The van der Waals surface area contributed by atoms with Gasteiger partial charge in [-0.15, -0.1) is 0 Å². The quantitative estimate of drug-likeness (QED) is 0.606. The van der Waals surface area contributed by atoms with Gasteiger partial charge in [0.2, 0.25) is 0 Å². The molecule has 1 aromatic rings. The monoisotopic (exact) mass is 174 g/mol. The molecule has 0 bridgehead atoms. The molecule has 1 rings (SSSR count). The van der Waals surface area contributed by atoms with E-state index in [9.17, 15) is 8.42 Å². The molecule has 60 valence electrons. The van der Waals surface area contributed by atoms with Crippen LogP contribution in [0.4, 0.5) is 5.82 Å². The second-order valence-electron chi connectivity index (χ2n) is 1.74. The molecule has 1 heterocycles. The first kappa shape index (κ1) is 7.89. The van der Waals surface area contributed by atoms with Crippen LogP contribution in [0.2, 0.25) is 0 Å². The molecule has 3 N–H and O–H groups in total. The molecule has 0 fully saturated rings. The van der Waals surface area contributed by atoms with Gasteiger partial charge >= 0.3 is 0 Å². The smallest absolute Gasteiger partial charge is 0.259 e. The average Bonchev–Trinajstić information content (AvgIpc) is 1.85. The lowest BCUT2D eigenvalue weighted by Gasteiger charge is -1.98. The Morgan fingerprint density at radius 1 is 1.45 bits per heavy atom. The van der Waals surface area contributed by atoms with Crippen LogP contribution in [0, 0.1) is 0 Å². The Balaban J connectivity index is 2.82. The van der Waals surface area contributed by atoms with Gasteiger partial charge in [-0.2, -0.15) is 8.42 Å². The summed E-state index contributed by atoms with van der Waals surface area (Å²) in [6.45, 7) is 0. The number of aromatic nitrogens is 2. The van der Waals surface area contributed by atoms with Gasteiger partial charge in [-0.25, -0.2) is 10.1 Å². The lowest BCUT2D eigenvalue weighted by Crippen LogP contribution is -2.22. The number of nitrogens with two attached hydrogens (primary N) is 1. The van der Waals surface area contributed by atoms with E-state index in [0.717, 1.165) is 0 Å². The maximum Gasteiger partial charge on any atom is 0.297 e. The second kappa shape index (κ2) is 2.81. The van der Waals surface area contributed by atoms with Crippen LogP contribution in [0.25, 0.3) is 0 Å². The van der Waals surface area contributed by atoms with Crippen molar-refractivity contribution in [2.45, 2.75) is 0 Å². The van der Waals surface area contributed by atoms with Crippen molar-refractivity contribution in [2.24, 2.45) is 5.14 Å². The Bertz CT molecular complexity index is 321. The van der Waals surface area contributed by atoms with Crippen LogP contribution in [-0.4, -0.2) is 18.4 Å². The molecule has 0 aliphatic heterocycles. The molecular formula is C4H6N4O2S. The van der Waals surface area contributed by atoms with Crippen molar-refractivity contribution in [3.8, 4) is 0 Å². The minimum absolute atomic E-state index is 0.106. The van der Waals surface area contributed by atoms with Gasteiger partial charge in [0, 0.05) is 12.4 Å². The fraction of sp³-hybridized carbons (Fsp3) is 0. The highest BCUT2D eigenvalue weighted by Gasteiger charge is 2.00.